The van der Waals surface area contributed by atoms with Crippen LogP contribution in [0.4, 0.5) is 0 Å². The van der Waals surface area contributed by atoms with E-state index in [2.05, 4.69) is 56.3 Å². The van der Waals surface area contributed by atoms with Crippen LogP contribution in [0.2, 0.25) is 0 Å². The predicted octanol–water partition coefficient (Wildman–Crippen LogP) is 5.89. The van der Waals surface area contributed by atoms with Crippen molar-refractivity contribution < 1.29 is 9.94 Å². The summed E-state index contributed by atoms with van der Waals surface area (Å²) < 4.78 is 5.68. The Bertz CT molecular complexity index is 765. The highest BCUT2D eigenvalue weighted by Gasteiger charge is 2.13. The van der Waals surface area contributed by atoms with E-state index >= 15 is 0 Å². The van der Waals surface area contributed by atoms with Crippen molar-refractivity contribution >= 4 is 22.7 Å². The van der Waals surface area contributed by atoms with Crippen LogP contribution in [0.15, 0.2) is 66.2 Å². The van der Waals surface area contributed by atoms with Gasteiger partial charge in [0.2, 0.25) is 0 Å². The molecule has 0 radical (unpaired) electrons. The minimum atomic E-state index is 0.435. The van der Waals surface area contributed by atoms with E-state index in [0.717, 1.165) is 22.8 Å². The van der Waals surface area contributed by atoms with E-state index in [0.29, 0.717) is 19.0 Å². The first-order valence-corrected chi connectivity index (χ1v) is 9.71. The van der Waals surface area contributed by atoms with Gasteiger partial charge in [0, 0.05) is 12.9 Å². The van der Waals surface area contributed by atoms with Crippen LogP contribution in [0.1, 0.15) is 31.4 Å². The summed E-state index contributed by atoms with van der Waals surface area (Å²) in [5.41, 5.74) is 6.01. The summed E-state index contributed by atoms with van der Waals surface area (Å²) in [6, 6.07) is 18.5. The SMILES string of the molecule is C/C=C(C)/C(=C(\CCCl)c1ccccc1)c1ccc(OCCN(C)O)cc1. The summed E-state index contributed by atoms with van der Waals surface area (Å²) in [5.74, 6) is 1.36. The molecular weight excluding hydrogens is 358 g/mol. The van der Waals surface area contributed by atoms with Crippen LogP contribution in [0, 0.1) is 0 Å². The number of alkyl halides is 1. The van der Waals surface area contributed by atoms with E-state index in [1.807, 2.05) is 18.2 Å². The van der Waals surface area contributed by atoms with E-state index in [-0.39, 0.29) is 0 Å². The minimum Gasteiger partial charge on any atom is -0.492 e. The topological polar surface area (TPSA) is 32.7 Å². The molecule has 0 aliphatic carbocycles. The Hall–Kier alpha value is -2.07. The van der Waals surface area contributed by atoms with Crippen LogP contribution in [-0.4, -0.2) is 36.3 Å². The third-order valence-electron chi connectivity index (χ3n) is 4.42. The summed E-state index contributed by atoms with van der Waals surface area (Å²) in [4.78, 5) is 0. The maximum Gasteiger partial charge on any atom is 0.119 e. The van der Waals surface area contributed by atoms with Crippen molar-refractivity contribution in [3.05, 3.63) is 77.4 Å². The van der Waals surface area contributed by atoms with Crippen molar-refractivity contribution in [2.75, 3.05) is 26.1 Å². The molecule has 0 fully saturated rings. The summed E-state index contributed by atoms with van der Waals surface area (Å²) in [6.07, 6.45) is 2.93. The van der Waals surface area contributed by atoms with Gasteiger partial charge in [0.25, 0.3) is 0 Å². The van der Waals surface area contributed by atoms with Gasteiger partial charge in [-0.25, -0.2) is 0 Å². The molecule has 0 spiro atoms. The van der Waals surface area contributed by atoms with Gasteiger partial charge in [-0.2, -0.15) is 5.06 Å². The maximum absolute atomic E-state index is 9.19. The van der Waals surface area contributed by atoms with Crippen molar-refractivity contribution in [3.63, 3.8) is 0 Å². The molecule has 0 aliphatic rings. The van der Waals surface area contributed by atoms with E-state index in [1.165, 1.54) is 22.3 Å². The molecule has 3 nitrogen and oxygen atoms in total. The highest BCUT2D eigenvalue weighted by molar-refractivity contribution is 6.18. The Balaban J connectivity index is 2.40. The highest BCUT2D eigenvalue weighted by atomic mass is 35.5. The summed E-state index contributed by atoms with van der Waals surface area (Å²) in [5, 5.41) is 10.3. The number of halogens is 1. The van der Waals surface area contributed by atoms with Gasteiger partial charge in [-0.1, -0.05) is 48.5 Å². The number of benzene rings is 2. The molecule has 0 aliphatic heterocycles. The molecule has 1 N–H and O–H groups in total. The second-order valence-electron chi connectivity index (χ2n) is 6.38. The fraction of sp³-hybridized carbons (Fsp3) is 0.304. The number of ether oxygens (including phenoxy) is 1. The van der Waals surface area contributed by atoms with Crippen molar-refractivity contribution in [1.82, 2.24) is 5.06 Å². The molecule has 0 saturated heterocycles. The van der Waals surface area contributed by atoms with Gasteiger partial charge >= 0.3 is 0 Å². The molecule has 144 valence electrons. The molecule has 2 aromatic carbocycles. The Labute approximate surface area is 167 Å². The Morgan fingerprint density at radius 3 is 2.30 bits per heavy atom. The van der Waals surface area contributed by atoms with Gasteiger partial charge < -0.3 is 9.94 Å². The Morgan fingerprint density at radius 2 is 1.74 bits per heavy atom. The van der Waals surface area contributed by atoms with Crippen molar-refractivity contribution in [2.24, 2.45) is 0 Å². The lowest BCUT2D eigenvalue weighted by Gasteiger charge is -2.17. The molecule has 0 bridgehead atoms. The first-order valence-electron chi connectivity index (χ1n) is 9.18. The molecule has 0 atom stereocenters. The van der Waals surface area contributed by atoms with E-state index in [9.17, 15) is 5.21 Å². The first kappa shape index (κ1) is 21.2. The predicted molar refractivity (Wildman–Crippen MR) is 114 cm³/mol. The molecular formula is C23H28ClNO2. The number of allylic oxidation sites excluding steroid dienone is 4. The lowest BCUT2D eigenvalue weighted by atomic mass is 9.88. The number of likely N-dealkylation sites (N-methyl/N-ethyl adjacent to an activating group) is 1. The van der Waals surface area contributed by atoms with Crippen molar-refractivity contribution in [2.45, 2.75) is 20.3 Å². The van der Waals surface area contributed by atoms with Crippen molar-refractivity contribution in [1.29, 1.82) is 0 Å². The quantitative estimate of drug-likeness (QED) is 0.253. The molecule has 0 aromatic heterocycles. The standard InChI is InChI=1S/C23H28ClNO2/c1-4-18(2)23(22(14-15-24)19-8-6-5-7-9-19)20-10-12-21(13-11-20)27-17-16-25(3)26/h4-13,26H,14-17H2,1-3H3/b18-4+,23-22-. The molecule has 0 saturated carbocycles. The Morgan fingerprint density at radius 1 is 1.07 bits per heavy atom. The van der Waals surface area contributed by atoms with Crippen LogP contribution >= 0.6 is 11.6 Å². The average molecular weight is 386 g/mol. The molecule has 4 heteroatoms. The number of rotatable bonds is 9. The van der Waals surface area contributed by atoms with E-state index in [4.69, 9.17) is 16.3 Å². The van der Waals surface area contributed by atoms with Gasteiger partial charge in [-0.15, -0.1) is 11.6 Å². The average Bonchev–Trinajstić information content (AvgIpc) is 2.69. The van der Waals surface area contributed by atoms with Crippen LogP contribution in [0.3, 0.4) is 0 Å². The highest BCUT2D eigenvalue weighted by Crippen LogP contribution is 2.35. The molecule has 0 amide bonds. The zero-order valence-electron chi connectivity index (χ0n) is 16.3. The van der Waals surface area contributed by atoms with Gasteiger partial charge in [0.05, 0.1) is 6.54 Å². The molecule has 27 heavy (non-hydrogen) atoms. The Kier molecular flexibility index (Phi) is 8.59. The summed E-state index contributed by atoms with van der Waals surface area (Å²) >= 11 is 6.14. The zero-order chi connectivity index (χ0) is 19.6. The third-order valence-corrected chi connectivity index (χ3v) is 4.61. The second-order valence-corrected chi connectivity index (χ2v) is 6.76. The smallest absolute Gasteiger partial charge is 0.119 e. The van der Waals surface area contributed by atoms with Crippen LogP contribution in [0.5, 0.6) is 5.75 Å². The van der Waals surface area contributed by atoms with Gasteiger partial charge in [-0.3, -0.25) is 0 Å². The molecule has 0 heterocycles. The lowest BCUT2D eigenvalue weighted by molar-refractivity contribution is -0.0713. The first-order chi connectivity index (χ1) is 13.1. The normalized spacial score (nSPS) is 12.9. The summed E-state index contributed by atoms with van der Waals surface area (Å²) in [7, 11) is 1.60. The lowest BCUT2D eigenvalue weighted by Crippen LogP contribution is -2.20. The van der Waals surface area contributed by atoms with Crippen LogP contribution < -0.4 is 4.74 Å². The van der Waals surface area contributed by atoms with Gasteiger partial charge in [0.15, 0.2) is 0 Å². The van der Waals surface area contributed by atoms with Crippen molar-refractivity contribution in [3.8, 4) is 5.75 Å². The molecule has 0 unspecified atom stereocenters. The fourth-order valence-corrected chi connectivity index (χ4v) is 3.13. The third kappa shape index (κ3) is 6.24. The minimum absolute atomic E-state index is 0.435. The van der Waals surface area contributed by atoms with E-state index in [1.54, 1.807) is 7.05 Å². The fourth-order valence-electron chi connectivity index (χ4n) is 2.95. The zero-order valence-corrected chi connectivity index (χ0v) is 17.0. The maximum atomic E-state index is 9.19. The summed E-state index contributed by atoms with van der Waals surface area (Å²) in [6.45, 7) is 5.08. The largest absolute Gasteiger partial charge is 0.492 e. The van der Waals surface area contributed by atoms with Gasteiger partial charge in [-0.05, 0) is 60.2 Å². The number of nitrogens with zero attached hydrogens (tertiary/aromatic N) is 1. The molecule has 2 aromatic rings. The van der Waals surface area contributed by atoms with Gasteiger partial charge in [0.1, 0.15) is 12.4 Å². The molecule has 2 rings (SSSR count). The van der Waals surface area contributed by atoms with E-state index < -0.39 is 0 Å². The number of hydroxylamine groups is 2. The monoisotopic (exact) mass is 385 g/mol. The second kappa shape index (κ2) is 10.9. The number of hydrogen-bond acceptors (Lipinski definition) is 3. The van der Waals surface area contributed by atoms with Crippen LogP contribution in [-0.2, 0) is 0 Å². The van der Waals surface area contributed by atoms with Crippen LogP contribution in [0.25, 0.3) is 11.1 Å². The number of hydrogen-bond donors (Lipinski definition) is 1.